The lowest BCUT2D eigenvalue weighted by Gasteiger charge is -2.32. The Morgan fingerprint density at radius 2 is 1.90 bits per heavy atom. The number of pyridine rings is 1. The van der Waals surface area contributed by atoms with Crippen LogP contribution in [0.5, 0.6) is 0 Å². The Kier molecular flexibility index (Phi) is 4.78. The zero-order valence-corrected chi connectivity index (χ0v) is 17.4. The molecule has 0 bridgehead atoms. The van der Waals surface area contributed by atoms with E-state index in [0.717, 1.165) is 17.0 Å². The van der Waals surface area contributed by atoms with Gasteiger partial charge in [0.25, 0.3) is 0 Å². The molecule has 0 N–H and O–H groups in total. The summed E-state index contributed by atoms with van der Waals surface area (Å²) < 4.78 is 21.2. The lowest BCUT2D eigenvalue weighted by atomic mass is 10.1. The Morgan fingerprint density at radius 1 is 1.06 bits per heavy atom. The Bertz CT molecular complexity index is 1260. The van der Waals surface area contributed by atoms with E-state index < -0.39 is 5.82 Å². The van der Waals surface area contributed by atoms with Crippen LogP contribution in [0, 0.1) is 19.7 Å². The number of ether oxygens (including phenoxy) is 1. The average molecular weight is 420 g/mol. The van der Waals surface area contributed by atoms with E-state index in [1.807, 2.05) is 27.1 Å². The van der Waals surface area contributed by atoms with Crippen LogP contribution in [0.25, 0.3) is 22.6 Å². The fraction of sp³-hybridized carbons (Fsp3) is 0.333. The average Bonchev–Trinajstić information content (AvgIpc) is 3.21. The van der Waals surface area contributed by atoms with Crippen LogP contribution < -0.4 is 4.90 Å². The first-order valence-corrected chi connectivity index (χ1v) is 9.98. The molecule has 0 spiro atoms. The fourth-order valence-corrected chi connectivity index (χ4v) is 3.58. The van der Waals surface area contributed by atoms with Gasteiger partial charge in [0.15, 0.2) is 5.65 Å². The van der Waals surface area contributed by atoms with E-state index in [4.69, 9.17) is 14.7 Å². The normalized spacial score (nSPS) is 16.8. The van der Waals surface area contributed by atoms with Gasteiger partial charge >= 0.3 is 0 Å². The predicted molar refractivity (Wildman–Crippen MR) is 112 cm³/mol. The van der Waals surface area contributed by atoms with Crippen molar-refractivity contribution in [3.8, 4) is 11.4 Å². The Balaban J connectivity index is 1.60. The fourth-order valence-electron chi connectivity index (χ4n) is 3.58. The van der Waals surface area contributed by atoms with Crippen molar-refractivity contribution in [2.24, 2.45) is 7.05 Å². The van der Waals surface area contributed by atoms with Crippen molar-refractivity contribution in [1.29, 1.82) is 0 Å². The number of fused-ring (bicyclic) bond motifs is 1. The van der Waals surface area contributed by atoms with Crippen LogP contribution in [0.3, 0.4) is 0 Å². The van der Waals surface area contributed by atoms with Gasteiger partial charge in [0, 0.05) is 25.4 Å². The van der Waals surface area contributed by atoms with Crippen molar-refractivity contribution < 1.29 is 9.13 Å². The van der Waals surface area contributed by atoms with Crippen LogP contribution in [0.1, 0.15) is 23.1 Å². The van der Waals surface area contributed by atoms with E-state index >= 15 is 0 Å². The van der Waals surface area contributed by atoms with Gasteiger partial charge in [-0.1, -0.05) is 0 Å². The summed E-state index contributed by atoms with van der Waals surface area (Å²) in [7, 11) is 1.88. The van der Waals surface area contributed by atoms with Crippen LogP contribution in [-0.2, 0) is 11.8 Å². The molecular weight excluding hydrogens is 399 g/mol. The summed E-state index contributed by atoms with van der Waals surface area (Å²) in [6.45, 7) is 5.52. The van der Waals surface area contributed by atoms with E-state index in [1.54, 1.807) is 16.9 Å². The number of nitrogens with zero attached hydrogens (tertiary/aromatic N) is 8. The first kappa shape index (κ1) is 19.4. The van der Waals surface area contributed by atoms with E-state index in [9.17, 15) is 4.39 Å². The second-order valence-corrected chi connectivity index (χ2v) is 7.55. The van der Waals surface area contributed by atoms with Crippen molar-refractivity contribution in [1.82, 2.24) is 34.7 Å². The summed E-state index contributed by atoms with van der Waals surface area (Å²) in [6, 6.07) is 2.95. The minimum absolute atomic E-state index is 0.139. The van der Waals surface area contributed by atoms with Crippen LogP contribution >= 0.6 is 0 Å². The zero-order chi connectivity index (χ0) is 21.5. The maximum atomic E-state index is 13.5. The van der Waals surface area contributed by atoms with Gasteiger partial charge in [0.2, 0.25) is 5.95 Å². The molecular formula is C21H21FN8O. The van der Waals surface area contributed by atoms with Crippen molar-refractivity contribution in [3.63, 3.8) is 0 Å². The van der Waals surface area contributed by atoms with Gasteiger partial charge in [0.05, 0.1) is 42.6 Å². The monoisotopic (exact) mass is 420 g/mol. The van der Waals surface area contributed by atoms with Crippen molar-refractivity contribution >= 4 is 17.1 Å². The maximum Gasteiger partial charge on any atom is 0.228 e. The number of aromatic nitrogens is 7. The molecule has 0 saturated carbocycles. The van der Waals surface area contributed by atoms with Gasteiger partial charge < -0.3 is 9.64 Å². The van der Waals surface area contributed by atoms with Gasteiger partial charge in [-0.2, -0.15) is 10.1 Å². The Morgan fingerprint density at radius 3 is 2.65 bits per heavy atom. The molecule has 1 aliphatic heterocycles. The number of hydrogen-bond acceptors (Lipinski definition) is 8. The van der Waals surface area contributed by atoms with E-state index in [0.29, 0.717) is 48.2 Å². The standard InChI is InChI=1S/C21H21FN8O/c1-12-13(2)26-20-19(25-12)18(16-5-4-15(22)9-23-16)27-21(28-20)30-6-7-31-17(11-30)14-8-24-29(3)10-14/h4-5,8-10,17H,6-7,11H2,1-3H3. The molecule has 5 rings (SSSR count). The Labute approximate surface area is 178 Å². The summed E-state index contributed by atoms with van der Waals surface area (Å²) in [5.41, 5.74) is 4.66. The minimum Gasteiger partial charge on any atom is -0.370 e. The second kappa shape index (κ2) is 7.62. The molecule has 1 saturated heterocycles. The first-order valence-electron chi connectivity index (χ1n) is 9.98. The molecule has 0 aliphatic carbocycles. The van der Waals surface area contributed by atoms with Gasteiger partial charge in [-0.15, -0.1) is 0 Å². The highest BCUT2D eigenvalue weighted by Crippen LogP contribution is 2.29. The lowest BCUT2D eigenvalue weighted by molar-refractivity contribution is 0.0392. The molecule has 5 heterocycles. The van der Waals surface area contributed by atoms with Gasteiger partial charge in [-0.3, -0.25) is 9.67 Å². The summed E-state index contributed by atoms with van der Waals surface area (Å²) in [6.07, 6.45) is 4.78. The highest BCUT2D eigenvalue weighted by molar-refractivity contribution is 5.86. The third-order valence-corrected chi connectivity index (χ3v) is 5.35. The molecule has 0 amide bonds. The molecule has 31 heavy (non-hydrogen) atoms. The topological polar surface area (TPSA) is 94.7 Å². The SMILES string of the molecule is Cc1nc2nc(N3CCOC(c4cnn(C)c4)C3)nc(-c3ccc(F)cn3)c2nc1C. The van der Waals surface area contributed by atoms with Crippen molar-refractivity contribution in [3.05, 3.63) is 53.5 Å². The summed E-state index contributed by atoms with van der Waals surface area (Å²) in [5, 5.41) is 4.24. The molecule has 4 aromatic rings. The van der Waals surface area contributed by atoms with Crippen molar-refractivity contribution in [2.45, 2.75) is 20.0 Å². The molecule has 1 aliphatic rings. The summed E-state index contributed by atoms with van der Waals surface area (Å²) in [5.74, 6) is 0.108. The summed E-state index contributed by atoms with van der Waals surface area (Å²) >= 11 is 0. The smallest absolute Gasteiger partial charge is 0.228 e. The van der Waals surface area contributed by atoms with E-state index in [1.165, 1.54) is 12.3 Å². The van der Waals surface area contributed by atoms with Crippen molar-refractivity contribution in [2.75, 3.05) is 24.6 Å². The van der Waals surface area contributed by atoms with E-state index in [-0.39, 0.29) is 6.10 Å². The maximum absolute atomic E-state index is 13.5. The van der Waals surface area contributed by atoms with Crippen LogP contribution in [-0.4, -0.2) is 54.4 Å². The second-order valence-electron chi connectivity index (χ2n) is 7.55. The number of hydrogen-bond donors (Lipinski definition) is 0. The predicted octanol–water partition coefficient (Wildman–Crippen LogP) is 2.55. The Hall–Kier alpha value is -3.53. The molecule has 0 aromatic carbocycles. The number of anilines is 1. The quantitative estimate of drug-likeness (QED) is 0.499. The molecule has 10 heteroatoms. The number of rotatable bonds is 3. The molecule has 9 nitrogen and oxygen atoms in total. The van der Waals surface area contributed by atoms with Crippen LogP contribution in [0.15, 0.2) is 30.7 Å². The highest BCUT2D eigenvalue weighted by atomic mass is 19.1. The third-order valence-electron chi connectivity index (χ3n) is 5.35. The first-order chi connectivity index (χ1) is 15.0. The molecule has 0 radical (unpaired) electrons. The van der Waals surface area contributed by atoms with E-state index in [2.05, 4.69) is 25.0 Å². The van der Waals surface area contributed by atoms with Gasteiger partial charge in [-0.25, -0.2) is 19.3 Å². The lowest BCUT2D eigenvalue weighted by Crippen LogP contribution is -2.39. The summed E-state index contributed by atoms with van der Waals surface area (Å²) in [4.78, 5) is 25.0. The molecule has 1 atom stereocenters. The zero-order valence-electron chi connectivity index (χ0n) is 17.4. The third kappa shape index (κ3) is 3.70. The largest absolute Gasteiger partial charge is 0.370 e. The molecule has 4 aromatic heterocycles. The molecule has 1 fully saturated rings. The van der Waals surface area contributed by atoms with Gasteiger partial charge in [-0.05, 0) is 26.0 Å². The minimum atomic E-state index is -0.409. The van der Waals surface area contributed by atoms with Crippen LogP contribution in [0.4, 0.5) is 10.3 Å². The highest BCUT2D eigenvalue weighted by Gasteiger charge is 2.26. The number of morpholine rings is 1. The number of halogens is 1. The van der Waals surface area contributed by atoms with Gasteiger partial charge in [0.1, 0.15) is 23.1 Å². The molecule has 158 valence electrons. The molecule has 1 unspecified atom stereocenters. The van der Waals surface area contributed by atoms with Crippen LogP contribution in [0.2, 0.25) is 0 Å². The number of aryl methyl sites for hydroxylation is 3.